The number of benzene rings is 3. The maximum atomic E-state index is 13.4. The number of carbonyl (C=O) groups is 1. The molecule has 0 saturated carbocycles. The van der Waals surface area contributed by atoms with Crippen LogP contribution in [0.5, 0.6) is 0 Å². The predicted octanol–water partition coefficient (Wildman–Crippen LogP) is 3.46. The largest absolute Gasteiger partial charge is 0.331 e. The third kappa shape index (κ3) is 4.25. The van der Waals surface area contributed by atoms with Crippen molar-refractivity contribution in [1.29, 1.82) is 0 Å². The fourth-order valence-corrected chi connectivity index (χ4v) is 3.94. The molecule has 162 valence electrons. The Kier molecular flexibility index (Phi) is 6.31. The van der Waals surface area contributed by atoms with Gasteiger partial charge in [-0.3, -0.25) is 18.7 Å². The molecule has 0 saturated heterocycles. The summed E-state index contributed by atoms with van der Waals surface area (Å²) in [5.41, 5.74) is 1.48. The van der Waals surface area contributed by atoms with E-state index < -0.39 is 5.69 Å². The molecule has 6 nitrogen and oxygen atoms in total. The molecule has 4 rings (SSSR count). The second-order valence-electron chi connectivity index (χ2n) is 7.55. The first-order valence-electron chi connectivity index (χ1n) is 10.7. The number of rotatable bonds is 7. The molecule has 0 unspecified atom stereocenters. The lowest BCUT2D eigenvalue weighted by Gasteiger charge is -2.22. The SMILES string of the molecule is CCN(C(=O)Cn1c(=O)n(CCc2ccccc2)c(=O)c2ccccc21)c1ccccc1. The number of para-hydroxylation sites is 2. The maximum absolute atomic E-state index is 13.4. The summed E-state index contributed by atoms with van der Waals surface area (Å²) in [5.74, 6) is -0.209. The molecule has 1 heterocycles. The van der Waals surface area contributed by atoms with Crippen molar-refractivity contribution in [3.8, 4) is 0 Å². The molecule has 3 aromatic carbocycles. The van der Waals surface area contributed by atoms with Gasteiger partial charge < -0.3 is 4.90 Å². The standard InChI is InChI=1S/C26H25N3O3/c1-2-27(21-13-7-4-8-14-21)24(30)19-29-23-16-10-9-15-22(23)25(31)28(26(29)32)18-17-20-11-5-3-6-12-20/h3-16H,2,17-19H2,1H3. The Bertz CT molecular complexity index is 1340. The van der Waals surface area contributed by atoms with Gasteiger partial charge in [0, 0.05) is 18.8 Å². The molecule has 0 atom stereocenters. The van der Waals surface area contributed by atoms with Crippen LogP contribution in [0, 0.1) is 0 Å². The summed E-state index contributed by atoms with van der Waals surface area (Å²) < 4.78 is 2.65. The van der Waals surface area contributed by atoms with Crippen molar-refractivity contribution in [3.63, 3.8) is 0 Å². The third-order valence-corrected chi connectivity index (χ3v) is 5.58. The molecule has 0 aliphatic heterocycles. The number of hydrogen-bond donors (Lipinski definition) is 0. The van der Waals surface area contributed by atoms with Gasteiger partial charge in [0.15, 0.2) is 0 Å². The van der Waals surface area contributed by atoms with Crippen molar-refractivity contribution in [2.24, 2.45) is 0 Å². The third-order valence-electron chi connectivity index (χ3n) is 5.58. The molecule has 6 heteroatoms. The summed E-state index contributed by atoms with van der Waals surface area (Å²) in [4.78, 5) is 41.3. The molecule has 4 aromatic rings. The molecule has 1 amide bonds. The average molecular weight is 428 g/mol. The van der Waals surface area contributed by atoms with Gasteiger partial charge in [-0.1, -0.05) is 60.7 Å². The number of likely N-dealkylation sites (N-methyl/N-ethyl adjacent to an activating group) is 1. The summed E-state index contributed by atoms with van der Waals surface area (Å²) in [6.45, 7) is 2.47. The molecule has 0 aliphatic rings. The van der Waals surface area contributed by atoms with Gasteiger partial charge in [-0.15, -0.1) is 0 Å². The van der Waals surface area contributed by atoms with E-state index in [2.05, 4.69) is 0 Å². The van der Waals surface area contributed by atoms with Crippen LogP contribution in [0.3, 0.4) is 0 Å². The zero-order chi connectivity index (χ0) is 22.5. The second kappa shape index (κ2) is 9.47. The minimum absolute atomic E-state index is 0.145. The average Bonchev–Trinajstić information content (AvgIpc) is 2.83. The summed E-state index contributed by atoms with van der Waals surface area (Å²) in [7, 11) is 0. The van der Waals surface area contributed by atoms with Crippen LogP contribution < -0.4 is 16.1 Å². The van der Waals surface area contributed by atoms with E-state index in [-0.39, 0.29) is 24.6 Å². The van der Waals surface area contributed by atoms with Gasteiger partial charge in [0.25, 0.3) is 5.56 Å². The molecule has 0 spiro atoms. The lowest BCUT2D eigenvalue weighted by Crippen LogP contribution is -2.44. The van der Waals surface area contributed by atoms with E-state index in [9.17, 15) is 14.4 Å². The van der Waals surface area contributed by atoms with Gasteiger partial charge in [-0.2, -0.15) is 0 Å². The number of aryl methyl sites for hydroxylation is 1. The Morgan fingerprint density at radius 1 is 0.812 bits per heavy atom. The molecule has 0 radical (unpaired) electrons. The van der Waals surface area contributed by atoms with E-state index in [0.29, 0.717) is 23.9 Å². The number of aromatic nitrogens is 2. The minimum atomic E-state index is -0.470. The Balaban J connectivity index is 1.74. The van der Waals surface area contributed by atoms with Gasteiger partial charge in [-0.05, 0) is 43.2 Å². The quantitative estimate of drug-likeness (QED) is 0.454. The van der Waals surface area contributed by atoms with Gasteiger partial charge in [0.1, 0.15) is 6.54 Å². The Morgan fingerprint density at radius 3 is 2.12 bits per heavy atom. The molecular formula is C26H25N3O3. The van der Waals surface area contributed by atoms with E-state index >= 15 is 0 Å². The van der Waals surface area contributed by atoms with Crippen LogP contribution in [0.15, 0.2) is 94.5 Å². The summed E-state index contributed by atoms with van der Waals surface area (Å²) >= 11 is 0. The lowest BCUT2D eigenvalue weighted by molar-refractivity contribution is -0.119. The zero-order valence-electron chi connectivity index (χ0n) is 18.0. The summed E-state index contributed by atoms with van der Waals surface area (Å²) in [6, 6.07) is 26.0. The van der Waals surface area contributed by atoms with E-state index in [0.717, 1.165) is 11.3 Å². The highest BCUT2D eigenvalue weighted by Crippen LogP contribution is 2.15. The molecule has 1 aromatic heterocycles. The first kappa shape index (κ1) is 21.3. The minimum Gasteiger partial charge on any atom is -0.311 e. The topological polar surface area (TPSA) is 64.3 Å². The van der Waals surface area contributed by atoms with Crippen molar-refractivity contribution in [1.82, 2.24) is 9.13 Å². The second-order valence-corrected chi connectivity index (χ2v) is 7.55. The number of nitrogens with zero attached hydrogens (tertiary/aromatic N) is 3. The van der Waals surface area contributed by atoms with E-state index in [1.807, 2.05) is 67.6 Å². The van der Waals surface area contributed by atoms with Crippen molar-refractivity contribution < 1.29 is 4.79 Å². The summed E-state index contributed by atoms with van der Waals surface area (Å²) in [5, 5.41) is 0.427. The normalized spacial score (nSPS) is 10.9. The molecular weight excluding hydrogens is 402 g/mol. The molecule has 0 N–H and O–H groups in total. The van der Waals surface area contributed by atoms with Crippen molar-refractivity contribution in [3.05, 3.63) is 111 Å². The maximum Gasteiger partial charge on any atom is 0.331 e. The highest BCUT2D eigenvalue weighted by Gasteiger charge is 2.19. The molecule has 0 fully saturated rings. The monoisotopic (exact) mass is 427 g/mol. The van der Waals surface area contributed by atoms with E-state index in [1.54, 1.807) is 29.2 Å². The van der Waals surface area contributed by atoms with E-state index in [1.165, 1.54) is 9.13 Å². The number of hydrogen-bond acceptors (Lipinski definition) is 3. The van der Waals surface area contributed by atoms with Gasteiger partial charge in [-0.25, -0.2) is 4.79 Å². The van der Waals surface area contributed by atoms with Crippen LogP contribution in [0.4, 0.5) is 5.69 Å². The lowest BCUT2D eigenvalue weighted by atomic mass is 10.1. The van der Waals surface area contributed by atoms with Crippen LogP contribution in [0.25, 0.3) is 10.9 Å². The molecule has 0 bridgehead atoms. The van der Waals surface area contributed by atoms with Crippen LogP contribution in [-0.4, -0.2) is 21.6 Å². The highest BCUT2D eigenvalue weighted by molar-refractivity contribution is 5.94. The fourth-order valence-electron chi connectivity index (χ4n) is 3.94. The van der Waals surface area contributed by atoms with Crippen molar-refractivity contribution >= 4 is 22.5 Å². The van der Waals surface area contributed by atoms with Crippen molar-refractivity contribution in [2.75, 3.05) is 11.4 Å². The van der Waals surface area contributed by atoms with Crippen LogP contribution in [0.2, 0.25) is 0 Å². The predicted molar refractivity (Wildman–Crippen MR) is 127 cm³/mol. The van der Waals surface area contributed by atoms with E-state index in [4.69, 9.17) is 0 Å². The fraction of sp³-hybridized carbons (Fsp3) is 0.192. The smallest absolute Gasteiger partial charge is 0.311 e. The first-order chi connectivity index (χ1) is 15.6. The highest BCUT2D eigenvalue weighted by atomic mass is 16.2. The molecule has 0 aliphatic carbocycles. The van der Waals surface area contributed by atoms with Crippen LogP contribution >= 0.6 is 0 Å². The Labute approximate surface area is 186 Å². The zero-order valence-corrected chi connectivity index (χ0v) is 18.0. The van der Waals surface area contributed by atoms with Crippen LogP contribution in [-0.2, 0) is 24.3 Å². The Morgan fingerprint density at radius 2 is 1.44 bits per heavy atom. The van der Waals surface area contributed by atoms with Crippen LogP contribution in [0.1, 0.15) is 12.5 Å². The first-order valence-corrected chi connectivity index (χ1v) is 10.7. The van der Waals surface area contributed by atoms with Gasteiger partial charge >= 0.3 is 5.69 Å². The number of amides is 1. The van der Waals surface area contributed by atoms with Gasteiger partial charge in [0.2, 0.25) is 5.91 Å². The summed E-state index contributed by atoms with van der Waals surface area (Å²) in [6.07, 6.45) is 0.549. The molecule has 32 heavy (non-hydrogen) atoms. The van der Waals surface area contributed by atoms with Crippen molar-refractivity contribution in [2.45, 2.75) is 26.4 Å². The number of fused-ring (bicyclic) bond motifs is 1. The Hall–Kier alpha value is -3.93. The van der Waals surface area contributed by atoms with Gasteiger partial charge in [0.05, 0.1) is 10.9 Å². The number of carbonyl (C=O) groups excluding carboxylic acids is 1. The number of anilines is 1.